The molecular weight excluding hydrogens is 340 g/mol. The van der Waals surface area contributed by atoms with Crippen molar-refractivity contribution in [1.82, 2.24) is 9.80 Å². The minimum Gasteiger partial charge on any atom is -0.460 e. The fourth-order valence-electron chi connectivity index (χ4n) is 4.24. The normalized spacial score (nSPS) is 24.3. The largest absolute Gasteiger partial charge is 0.460 e. The lowest BCUT2D eigenvalue weighted by Crippen LogP contribution is -2.47. The summed E-state index contributed by atoms with van der Waals surface area (Å²) >= 11 is 0. The SMILES string of the molecule is CC(C)(C)OC(=O)C[C@H]1CN(Cc2ccccc2)C[C@@H]1N1CCCCC1=O. The number of amides is 1. The zero-order valence-corrected chi connectivity index (χ0v) is 16.8. The van der Waals surface area contributed by atoms with Crippen molar-refractivity contribution in [3.8, 4) is 0 Å². The van der Waals surface area contributed by atoms with Gasteiger partial charge in [0.05, 0.1) is 6.42 Å². The van der Waals surface area contributed by atoms with E-state index in [1.54, 1.807) is 0 Å². The second-order valence-electron chi connectivity index (χ2n) is 8.84. The van der Waals surface area contributed by atoms with Gasteiger partial charge < -0.3 is 9.64 Å². The average molecular weight is 373 g/mol. The molecule has 2 fully saturated rings. The summed E-state index contributed by atoms with van der Waals surface area (Å²) in [6, 6.07) is 10.5. The van der Waals surface area contributed by atoms with E-state index in [0.29, 0.717) is 12.8 Å². The van der Waals surface area contributed by atoms with Gasteiger partial charge in [-0.15, -0.1) is 0 Å². The van der Waals surface area contributed by atoms with Crippen molar-refractivity contribution in [2.45, 2.75) is 64.6 Å². The summed E-state index contributed by atoms with van der Waals surface area (Å²) in [6.45, 7) is 9.00. The molecule has 0 radical (unpaired) electrons. The van der Waals surface area contributed by atoms with Crippen molar-refractivity contribution in [2.24, 2.45) is 5.92 Å². The van der Waals surface area contributed by atoms with E-state index in [1.165, 1.54) is 5.56 Å². The maximum Gasteiger partial charge on any atom is 0.306 e. The second-order valence-corrected chi connectivity index (χ2v) is 8.84. The van der Waals surface area contributed by atoms with Crippen LogP contribution in [0.3, 0.4) is 0 Å². The third-order valence-electron chi connectivity index (χ3n) is 5.34. The third-order valence-corrected chi connectivity index (χ3v) is 5.34. The van der Waals surface area contributed by atoms with Gasteiger partial charge >= 0.3 is 5.97 Å². The molecule has 3 rings (SSSR count). The van der Waals surface area contributed by atoms with Gasteiger partial charge in [-0.2, -0.15) is 0 Å². The van der Waals surface area contributed by atoms with Crippen molar-refractivity contribution < 1.29 is 14.3 Å². The Bertz CT molecular complexity index is 653. The first-order valence-electron chi connectivity index (χ1n) is 10.1. The van der Waals surface area contributed by atoms with Crippen LogP contribution >= 0.6 is 0 Å². The minimum atomic E-state index is -0.476. The van der Waals surface area contributed by atoms with Crippen LogP contribution in [0.1, 0.15) is 52.0 Å². The predicted molar refractivity (Wildman–Crippen MR) is 105 cm³/mol. The minimum absolute atomic E-state index is 0.106. The predicted octanol–water partition coefficient (Wildman–Crippen LogP) is 3.23. The van der Waals surface area contributed by atoms with E-state index in [1.807, 2.05) is 31.7 Å². The first-order chi connectivity index (χ1) is 12.8. The molecule has 1 amide bonds. The monoisotopic (exact) mass is 372 g/mol. The Balaban J connectivity index is 1.70. The number of ether oxygens (including phenoxy) is 1. The van der Waals surface area contributed by atoms with Crippen molar-refractivity contribution in [1.29, 1.82) is 0 Å². The second kappa shape index (κ2) is 8.42. The van der Waals surface area contributed by atoms with Crippen LogP contribution in [0.5, 0.6) is 0 Å². The molecule has 2 aliphatic heterocycles. The van der Waals surface area contributed by atoms with E-state index in [9.17, 15) is 9.59 Å². The molecule has 0 spiro atoms. The van der Waals surface area contributed by atoms with Crippen molar-refractivity contribution in [3.63, 3.8) is 0 Å². The van der Waals surface area contributed by atoms with Gasteiger partial charge in [0.15, 0.2) is 0 Å². The lowest BCUT2D eigenvalue weighted by molar-refractivity contribution is -0.157. The Morgan fingerprint density at radius 1 is 1.15 bits per heavy atom. The molecule has 0 N–H and O–H groups in total. The number of esters is 1. The smallest absolute Gasteiger partial charge is 0.306 e. The van der Waals surface area contributed by atoms with Crippen molar-refractivity contribution in [3.05, 3.63) is 35.9 Å². The Hall–Kier alpha value is -1.88. The van der Waals surface area contributed by atoms with E-state index in [0.717, 1.165) is 39.0 Å². The molecule has 5 heteroatoms. The van der Waals surface area contributed by atoms with Gasteiger partial charge in [0.2, 0.25) is 5.91 Å². The number of nitrogens with zero attached hydrogens (tertiary/aromatic N) is 2. The molecule has 0 aromatic heterocycles. The van der Waals surface area contributed by atoms with Crippen LogP contribution in [0.15, 0.2) is 30.3 Å². The summed E-state index contributed by atoms with van der Waals surface area (Å²) in [7, 11) is 0. The summed E-state index contributed by atoms with van der Waals surface area (Å²) in [5, 5.41) is 0. The molecule has 5 nitrogen and oxygen atoms in total. The molecule has 2 saturated heterocycles. The first kappa shape index (κ1) is 19.9. The highest BCUT2D eigenvalue weighted by Gasteiger charge is 2.40. The number of benzene rings is 1. The molecule has 1 aromatic rings. The number of piperidine rings is 1. The Morgan fingerprint density at radius 2 is 1.89 bits per heavy atom. The summed E-state index contributed by atoms with van der Waals surface area (Å²) in [6.07, 6.45) is 3.04. The molecule has 2 atom stereocenters. The number of rotatable bonds is 5. The summed E-state index contributed by atoms with van der Waals surface area (Å²) in [5.41, 5.74) is 0.787. The van der Waals surface area contributed by atoms with Crippen LogP contribution in [0.2, 0.25) is 0 Å². The fraction of sp³-hybridized carbons (Fsp3) is 0.636. The lowest BCUT2D eigenvalue weighted by atomic mass is 9.96. The fourth-order valence-corrected chi connectivity index (χ4v) is 4.24. The van der Waals surface area contributed by atoms with E-state index >= 15 is 0 Å². The highest BCUT2D eigenvalue weighted by atomic mass is 16.6. The molecule has 2 heterocycles. The maximum atomic E-state index is 12.5. The quantitative estimate of drug-likeness (QED) is 0.745. The van der Waals surface area contributed by atoms with Crippen molar-refractivity contribution >= 4 is 11.9 Å². The van der Waals surface area contributed by atoms with Crippen LogP contribution in [-0.2, 0) is 20.9 Å². The highest BCUT2D eigenvalue weighted by Crippen LogP contribution is 2.30. The zero-order valence-electron chi connectivity index (χ0n) is 16.8. The third kappa shape index (κ3) is 5.55. The molecule has 0 aliphatic carbocycles. The molecule has 0 saturated carbocycles. The van der Waals surface area contributed by atoms with Crippen molar-refractivity contribution in [2.75, 3.05) is 19.6 Å². The summed E-state index contributed by atoms with van der Waals surface area (Å²) in [4.78, 5) is 29.3. The van der Waals surface area contributed by atoms with Gasteiger partial charge in [-0.3, -0.25) is 14.5 Å². The van der Waals surface area contributed by atoms with Gasteiger partial charge in [0.25, 0.3) is 0 Å². The van der Waals surface area contributed by atoms with E-state index in [4.69, 9.17) is 4.74 Å². The number of carbonyl (C=O) groups is 2. The van der Waals surface area contributed by atoms with Gasteiger partial charge in [0.1, 0.15) is 5.60 Å². The van der Waals surface area contributed by atoms with E-state index in [2.05, 4.69) is 29.2 Å². The molecule has 148 valence electrons. The van der Waals surface area contributed by atoms with Gasteiger partial charge in [-0.1, -0.05) is 30.3 Å². The Morgan fingerprint density at radius 3 is 2.56 bits per heavy atom. The first-order valence-corrected chi connectivity index (χ1v) is 10.1. The van der Waals surface area contributed by atoms with Gasteiger partial charge in [-0.05, 0) is 39.2 Å². The standard InChI is InChI=1S/C22H32N2O3/c1-22(2,3)27-21(26)13-18-15-23(14-17-9-5-4-6-10-17)16-19(18)24-12-8-7-11-20(24)25/h4-6,9-10,18-19H,7-8,11-16H2,1-3H3/t18-,19-/m0/s1. The average Bonchev–Trinajstić information content (AvgIpc) is 2.96. The van der Waals surface area contributed by atoms with Crippen LogP contribution in [0.4, 0.5) is 0 Å². The summed E-state index contributed by atoms with van der Waals surface area (Å²) < 4.78 is 5.55. The van der Waals surface area contributed by atoms with Crippen LogP contribution in [0, 0.1) is 5.92 Å². The molecule has 2 aliphatic rings. The number of hydrogen-bond donors (Lipinski definition) is 0. The zero-order chi connectivity index (χ0) is 19.4. The maximum absolute atomic E-state index is 12.5. The molecule has 0 unspecified atom stereocenters. The highest BCUT2D eigenvalue weighted by molar-refractivity contribution is 5.77. The van der Waals surface area contributed by atoms with Crippen LogP contribution in [0.25, 0.3) is 0 Å². The summed E-state index contributed by atoms with van der Waals surface area (Å²) in [5.74, 6) is 0.205. The molecule has 27 heavy (non-hydrogen) atoms. The van der Waals surface area contributed by atoms with E-state index in [-0.39, 0.29) is 23.8 Å². The van der Waals surface area contributed by atoms with Crippen LogP contribution in [-0.4, -0.2) is 53.0 Å². The topological polar surface area (TPSA) is 49.9 Å². The molecular formula is C22H32N2O3. The number of carbonyl (C=O) groups excluding carboxylic acids is 2. The number of likely N-dealkylation sites (tertiary alicyclic amines) is 2. The van der Waals surface area contributed by atoms with Gasteiger partial charge in [0, 0.05) is 44.6 Å². The van der Waals surface area contributed by atoms with Gasteiger partial charge in [-0.25, -0.2) is 0 Å². The van der Waals surface area contributed by atoms with E-state index < -0.39 is 5.60 Å². The molecule has 1 aromatic carbocycles. The Kier molecular flexibility index (Phi) is 6.20. The number of hydrogen-bond acceptors (Lipinski definition) is 4. The van der Waals surface area contributed by atoms with Crippen LogP contribution < -0.4 is 0 Å². The molecule has 0 bridgehead atoms. The Labute approximate surface area is 162 Å². The lowest BCUT2D eigenvalue weighted by Gasteiger charge is -2.35.